The largest absolute Gasteiger partial charge is 0.335 e. The van der Waals surface area contributed by atoms with Gasteiger partial charge in [0.15, 0.2) is 0 Å². The highest BCUT2D eigenvalue weighted by molar-refractivity contribution is 5.65. The van der Waals surface area contributed by atoms with Crippen LogP contribution in [-0.2, 0) is 4.79 Å². The standard InChI is InChI=1S/C12H10N2O2/c1-8-3-4-10(9(2)5-8)11-6-12(13-7-15)16-14-11/h3-6H,1-2H3. The maximum atomic E-state index is 10.1. The van der Waals surface area contributed by atoms with Crippen LogP contribution in [0.3, 0.4) is 0 Å². The van der Waals surface area contributed by atoms with Gasteiger partial charge in [0.1, 0.15) is 5.69 Å². The third kappa shape index (κ3) is 1.92. The number of aromatic nitrogens is 1. The molecule has 80 valence electrons. The molecule has 0 aliphatic carbocycles. The Labute approximate surface area is 92.6 Å². The number of carbonyl (C=O) groups excluding carboxylic acids is 1. The fourth-order valence-corrected chi connectivity index (χ4v) is 1.59. The van der Waals surface area contributed by atoms with Crippen molar-refractivity contribution in [2.45, 2.75) is 13.8 Å². The summed E-state index contributed by atoms with van der Waals surface area (Å²) in [6.07, 6.45) is 1.41. The summed E-state index contributed by atoms with van der Waals surface area (Å²) in [5.74, 6) is 0.171. The van der Waals surface area contributed by atoms with Gasteiger partial charge in [-0.3, -0.25) is 0 Å². The third-order valence-electron chi connectivity index (χ3n) is 2.31. The van der Waals surface area contributed by atoms with Crippen molar-refractivity contribution in [3.63, 3.8) is 0 Å². The summed E-state index contributed by atoms with van der Waals surface area (Å²) >= 11 is 0. The van der Waals surface area contributed by atoms with E-state index in [9.17, 15) is 4.79 Å². The van der Waals surface area contributed by atoms with E-state index in [1.54, 1.807) is 6.07 Å². The number of hydrogen-bond donors (Lipinski definition) is 0. The Hall–Kier alpha value is -2.19. The number of isocyanates is 1. The molecule has 4 heteroatoms. The third-order valence-corrected chi connectivity index (χ3v) is 2.31. The summed E-state index contributed by atoms with van der Waals surface area (Å²) in [6.45, 7) is 4.03. The molecule has 0 atom stereocenters. The topological polar surface area (TPSA) is 55.5 Å². The van der Waals surface area contributed by atoms with Gasteiger partial charge in [0.25, 0.3) is 5.88 Å². The second kappa shape index (κ2) is 4.13. The second-order valence-electron chi connectivity index (χ2n) is 3.57. The summed E-state index contributed by atoms with van der Waals surface area (Å²) in [5, 5.41) is 3.85. The van der Waals surface area contributed by atoms with Crippen LogP contribution in [0.15, 0.2) is 33.8 Å². The van der Waals surface area contributed by atoms with Crippen molar-refractivity contribution in [2.24, 2.45) is 4.99 Å². The van der Waals surface area contributed by atoms with Crippen LogP contribution < -0.4 is 0 Å². The second-order valence-corrected chi connectivity index (χ2v) is 3.57. The van der Waals surface area contributed by atoms with Gasteiger partial charge in [0, 0.05) is 11.6 Å². The number of nitrogens with zero attached hydrogens (tertiary/aromatic N) is 2. The molecule has 1 aromatic heterocycles. The molecule has 1 aromatic carbocycles. The first-order chi connectivity index (χ1) is 7.70. The lowest BCUT2D eigenvalue weighted by Gasteiger charge is -2.02. The minimum absolute atomic E-state index is 0.171. The van der Waals surface area contributed by atoms with Gasteiger partial charge in [0.05, 0.1) is 0 Å². The van der Waals surface area contributed by atoms with Crippen LogP contribution in [0.2, 0.25) is 0 Å². The van der Waals surface area contributed by atoms with E-state index in [0.29, 0.717) is 5.69 Å². The van der Waals surface area contributed by atoms with E-state index in [4.69, 9.17) is 4.52 Å². The Morgan fingerprint density at radius 1 is 1.31 bits per heavy atom. The van der Waals surface area contributed by atoms with Gasteiger partial charge in [-0.25, -0.2) is 4.79 Å². The minimum Gasteiger partial charge on any atom is -0.335 e. The van der Waals surface area contributed by atoms with Crippen molar-refractivity contribution in [3.05, 3.63) is 35.4 Å². The molecule has 0 aliphatic heterocycles. The number of benzene rings is 1. The van der Waals surface area contributed by atoms with Gasteiger partial charge < -0.3 is 4.52 Å². The summed E-state index contributed by atoms with van der Waals surface area (Å²) in [6, 6.07) is 7.64. The normalized spacial score (nSPS) is 9.88. The molecule has 2 aromatic rings. The van der Waals surface area contributed by atoms with Gasteiger partial charge in [0.2, 0.25) is 6.08 Å². The van der Waals surface area contributed by atoms with Crippen molar-refractivity contribution in [2.75, 3.05) is 0 Å². The summed E-state index contributed by atoms with van der Waals surface area (Å²) in [4.78, 5) is 13.4. The molecule has 0 radical (unpaired) electrons. The average Bonchev–Trinajstić information content (AvgIpc) is 2.67. The molecule has 0 bridgehead atoms. The zero-order chi connectivity index (χ0) is 11.5. The smallest absolute Gasteiger partial charge is 0.261 e. The van der Waals surface area contributed by atoms with Gasteiger partial charge in [-0.1, -0.05) is 28.9 Å². The predicted molar refractivity (Wildman–Crippen MR) is 59.2 cm³/mol. The summed E-state index contributed by atoms with van der Waals surface area (Å²) < 4.78 is 4.87. The molecule has 0 aliphatic rings. The highest BCUT2D eigenvalue weighted by atomic mass is 16.5. The lowest BCUT2D eigenvalue weighted by Crippen LogP contribution is -1.83. The Morgan fingerprint density at radius 2 is 2.12 bits per heavy atom. The fraction of sp³-hybridized carbons (Fsp3) is 0.167. The van der Waals surface area contributed by atoms with E-state index >= 15 is 0 Å². The average molecular weight is 214 g/mol. The molecular weight excluding hydrogens is 204 g/mol. The quantitative estimate of drug-likeness (QED) is 0.570. The zero-order valence-corrected chi connectivity index (χ0v) is 9.02. The molecule has 0 saturated heterocycles. The van der Waals surface area contributed by atoms with Gasteiger partial charge in [-0.05, 0) is 19.4 Å². The number of rotatable bonds is 2. The van der Waals surface area contributed by atoms with Gasteiger partial charge in [-0.15, -0.1) is 4.99 Å². The summed E-state index contributed by atoms with van der Waals surface area (Å²) in [5.41, 5.74) is 3.94. The van der Waals surface area contributed by atoms with E-state index in [1.165, 1.54) is 11.6 Å². The van der Waals surface area contributed by atoms with Crippen LogP contribution in [0, 0.1) is 13.8 Å². The minimum atomic E-state index is 0.171. The number of aliphatic imine (C=N–C) groups is 1. The lowest BCUT2D eigenvalue weighted by atomic mass is 10.0. The van der Waals surface area contributed by atoms with Crippen LogP contribution >= 0.6 is 0 Å². The summed E-state index contributed by atoms with van der Waals surface area (Å²) in [7, 11) is 0. The lowest BCUT2D eigenvalue weighted by molar-refractivity contribution is 0.432. The first kappa shape index (κ1) is 10.3. The Kier molecular flexibility index (Phi) is 2.66. The maximum Gasteiger partial charge on any atom is 0.261 e. The van der Waals surface area contributed by atoms with Crippen LogP contribution in [-0.4, -0.2) is 11.2 Å². The van der Waals surface area contributed by atoms with E-state index < -0.39 is 0 Å². The molecule has 2 rings (SSSR count). The maximum absolute atomic E-state index is 10.1. The predicted octanol–water partition coefficient (Wildman–Crippen LogP) is 2.93. The Bertz CT molecular complexity index is 566. The molecular formula is C12H10N2O2. The first-order valence-electron chi connectivity index (χ1n) is 4.83. The van der Waals surface area contributed by atoms with Crippen LogP contribution in [0.25, 0.3) is 11.3 Å². The van der Waals surface area contributed by atoms with E-state index in [-0.39, 0.29) is 5.88 Å². The fourth-order valence-electron chi connectivity index (χ4n) is 1.59. The SMILES string of the molecule is Cc1ccc(-c2cc(N=C=O)on2)c(C)c1. The molecule has 0 unspecified atom stereocenters. The molecule has 16 heavy (non-hydrogen) atoms. The monoisotopic (exact) mass is 214 g/mol. The van der Waals surface area contributed by atoms with Crippen molar-refractivity contribution < 1.29 is 9.32 Å². The van der Waals surface area contributed by atoms with E-state index in [2.05, 4.69) is 16.2 Å². The molecule has 4 nitrogen and oxygen atoms in total. The zero-order valence-electron chi connectivity index (χ0n) is 9.02. The van der Waals surface area contributed by atoms with Crippen LogP contribution in [0.5, 0.6) is 0 Å². The van der Waals surface area contributed by atoms with Gasteiger partial charge in [-0.2, -0.15) is 0 Å². The molecule has 0 saturated carbocycles. The van der Waals surface area contributed by atoms with Gasteiger partial charge >= 0.3 is 0 Å². The van der Waals surface area contributed by atoms with Crippen LogP contribution in [0.1, 0.15) is 11.1 Å². The van der Waals surface area contributed by atoms with E-state index in [1.807, 2.05) is 26.0 Å². The molecule has 0 fully saturated rings. The Morgan fingerprint density at radius 3 is 2.81 bits per heavy atom. The number of aryl methyl sites for hydroxylation is 2. The van der Waals surface area contributed by atoms with E-state index in [0.717, 1.165) is 11.1 Å². The molecule has 0 spiro atoms. The molecule has 1 heterocycles. The van der Waals surface area contributed by atoms with Crippen molar-refractivity contribution >= 4 is 12.0 Å². The van der Waals surface area contributed by atoms with Crippen molar-refractivity contribution in [1.29, 1.82) is 0 Å². The highest BCUT2D eigenvalue weighted by Gasteiger charge is 2.08. The molecule has 0 N–H and O–H groups in total. The molecule has 0 amide bonds. The van der Waals surface area contributed by atoms with Crippen molar-refractivity contribution in [3.8, 4) is 11.3 Å². The highest BCUT2D eigenvalue weighted by Crippen LogP contribution is 2.26. The first-order valence-corrected chi connectivity index (χ1v) is 4.83. The number of hydrogen-bond acceptors (Lipinski definition) is 4. The van der Waals surface area contributed by atoms with Crippen molar-refractivity contribution in [1.82, 2.24) is 5.16 Å². The Balaban J connectivity index is 2.46. The van der Waals surface area contributed by atoms with Crippen LogP contribution in [0.4, 0.5) is 5.88 Å².